The van der Waals surface area contributed by atoms with Crippen LogP contribution in [-0.2, 0) is 48.4 Å². The molecular formula is C12H12O6. The van der Waals surface area contributed by atoms with Crippen molar-refractivity contribution in [3.63, 3.8) is 0 Å². The molecule has 0 N–H and O–H groups in total. The van der Waals surface area contributed by atoms with Crippen LogP contribution in [-0.4, -0.2) is 19.4 Å². The normalized spacial score (nSPS) is 9.33. The fourth-order valence-electron chi connectivity index (χ4n) is 1.48. The lowest BCUT2D eigenvalue weighted by Crippen LogP contribution is -1.99. The molecular weight excluding hydrogens is 240 g/mol. The van der Waals surface area contributed by atoms with E-state index in [9.17, 15) is 14.4 Å². The van der Waals surface area contributed by atoms with E-state index in [4.69, 9.17) is 0 Å². The van der Waals surface area contributed by atoms with E-state index in [0.717, 1.165) is 16.7 Å². The molecule has 0 aliphatic heterocycles. The number of hydrogen-bond acceptors (Lipinski definition) is 6. The van der Waals surface area contributed by atoms with Crippen molar-refractivity contribution in [3.8, 4) is 0 Å². The van der Waals surface area contributed by atoms with Gasteiger partial charge in [-0.3, -0.25) is 14.4 Å². The zero-order valence-electron chi connectivity index (χ0n) is 9.53. The quantitative estimate of drug-likeness (QED) is 0.475. The summed E-state index contributed by atoms with van der Waals surface area (Å²) >= 11 is 0. The molecule has 6 nitrogen and oxygen atoms in total. The first-order valence-corrected chi connectivity index (χ1v) is 5.07. The molecule has 0 radical (unpaired) electrons. The molecule has 0 saturated heterocycles. The van der Waals surface area contributed by atoms with Gasteiger partial charge >= 0.3 is 0 Å². The molecule has 0 fully saturated rings. The number of rotatable bonds is 9. The SMILES string of the molecule is O=COCc1cc(COC=O)cc(COC=O)c1. The smallest absolute Gasteiger partial charge is 0.293 e. The van der Waals surface area contributed by atoms with E-state index in [1.165, 1.54) is 0 Å². The highest BCUT2D eigenvalue weighted by atomic mass is 16.5. The van der Waals surface area contributed by atoms with Gasteiger partial charge in [-0.1, -0.05) is 0 Å². The van der Waals surface area contributed by atoms with E-state index >= 15 is 0 Å². The minimum atomic E-state index is 0.104. The van der Waals surface area contributed by atoms with Crippen molar-refractivity contribution >= 4 is 19.4 Å². The van der Waals surface area contributed by atoms with Gasteiger partial charge in [-0.25, -0.2) is 0 Å². The van der Waals surface area contributed by atoms with Crippen LogP contribution in [0, 0.1) is 0 Å². The molecule has 1 rings (SSSR count). The Labute approximate surface area is 103 Å². The summed E-state index contributed by atoms with van der Waals surface area (Å²) in [5.74, 6) is 0. The lowest BCUT2D eigenvalue weighted by molar-refractivity contribution is -0.130. The van der Waals surface area contributed by atoms with Crippen LogP contribution in [0.5, 0.6) is 0 Å². The van der Waals surface area contributed by atoms with Gasteiger partial charge in [-0.2, -0.15) is 0 Å². The highest BCUT2D eigenvalue weighted by Crippen LogP contribution is 2.13. The fraction of sp³-hybridized carbons (Fsp3) is 0.250. The van der Waals surface area contributed by atoms with Crippen molar-refractivity contribution in [1.29, 1.82) is 0 Å². The molecule has 0 aromatic heterocycles. The first-order valence-electron chi connectivity index (χ1n) is 5.07. The van der Waals surface area contributed by atoms with Gasteiger partial charge in [-0.05, 0) is 34.9 Å². The van der Waals surface area contributed by atoms with Gasteiger partial charge in [0.05, 0.1) is 0 Å². The van der Waals surface area contributed by atoms with Crippen LogP contribution in [0.15, 0.2) is 18.2 Å². The molecule has 0 unspecified atom stereocenters. The second-order valence-corrected chi connectivity index (χ2v) is 3.38. The largest absolute Gasteiger partial charge is 0.463 e. The van der Waals surface area contributed by atoms with Crippen LogP contribution in [0.4, 0.5) is 0 Å². The Morgan fingerprint density at radius 1 is 0.667 bits per heavy atom. The predicted molar refractivity (Wildman–Crippen MR) is 59.0 cm³/mol. The van der Waals surface area contributed by atoms with Crippen molar-refractivity contribution in [2.75, 3.05) is 0 Å². The average molecular weight is 252 g/mol. The van der Waals surface area contributed by atoms with Crippen LogP contribution in [0.25, 0.3) is 0 Å². The zero-order chi connectivity index (χ0) is 13.2. The number of carbonyl (C=O) groups is 3. The van der Waals surface area contributed by atoms with Crippen LogP contribution in [0.3, 0.4) is 0 Å². The van der Waals surface area contributed by atoms with Crippen molar-refractivity contribution in [2.45, 2.75) is 19.8 Å². The Bertz CT molecular complexity index is 341. The van der Waals surface area contributed by atoms with Gasteiger partial charge in [-0.15, -0.1) is 0 Å². The number of carbonyl (C=O) groups excluding carboxylic acids is 3. The number of ether oxygens (including phenoxy) is 3. The Hall–Kier alpha value is -2.37. The summed E-state index contributed by atoms with van der Waals surface area (Å²) in [5, 5.41) is 0. The number of benzene rings is 1. The topological polar surface area (TPSA) is 78.9 Å². The van der Waals surface area contributed by atoms with Crippen LogP contribution < -0.4 is 0 Å². The summed E-state index contributed by atoms with van der Waals surface area (Å²) in [5.41, 5.74) is 2.16. The van der Waals surface area contributed by atoms with Gasteiger partial charge in [0.1, 0.15) is 19.8 Å². The van der Waals surface area contributed by atoms with Gasteiger partial charge < -0.3 is 14.2 Å². The second-order valence-electron chi connectivity index (χ2n) is 3.38. The first kappa shape index (κ1) is 13.7. The number of hydrogen-bond donors (Lipinski definition) is 0. The average Bonchev–Trinajstić information content (AvgIpc) is 2.40. The molecule has 1 aromatic rings. The Kier molecular flexibility index (Phi) is 5.96. The summed E-state index contributed by atoms with van der Waals surface area (Å²) in [6, 6.07) is 5.20. The third-order valence-electron chi connectivity index (χ3n) is 2.07. The summed E-state index contributed by atoms with van der Waals surface area (Å²) in [6.45, 7) is 1.34. The highest BCUT2D eigenvalue weighted by molar-refractivity contribution is 5.40. The molecule has 0 spiro atoms. The molecule has 0 bridgehead atoms. The van der Waals surface area contributed by atoms with E-state index < -0.39 is 0 Å². The van der Waals surface area contributed by atoms with E-state index in [2.05, 4.69) is 14.2 Å². The molecule has 0 amide bonds. The van der Waals surface area contributed by atoms with Gasteiger partial charge in [0.25, 0.3) is 19.4 Å². The van der Waals surface area contributed by atoms with Gasteiger partial charge in [0.2, 0.25) is 0 Å². The van der Waals surface area contributed by atoms with E-state index in [1.54, 1.807) is 18.2 Å². The molecule has 1 aromatic carbocycles. The molecule has 0 atom stereocenters. The van der Waals surface area contributed by atoms with E-state index in [0.29, 0.717) is 19.4 Å². The summed E-state index contributed by atoms with van der Waals surface area (Å²) in [6.07, 6.45) is 0. The van der Waals surface area contributed by atoms with Gasteiger partial charge in [0, 0.05) is 0 Å². The van der Waals surface area contributed by atoms with Crippen molar-refractivity contribution in [1.82, 2.24) is 0 Å². The third-order valence-corrected chi connectivity index (χ3v) is 2.07. The lowest BCUT2D eigenvalue weighted by atomic mass is 10.1. The second kappa shape index (κ2) is 7.83. The maximum absolute atomic E-state index is 10.1. The standard InChI is InChI=1S/C12H12O6/c13-7-16-4-10-1-11(5-17-8-14)3-12(2-10)6-18-9-15/h1-3,7-9H,4-6H2. The fourth-order valence-corrected chi connectivity index (χ4v) is 1.48. The Morgan fingerprint density at radius 2 is 0.944 bits per heavy atom. The summed E-state index contributed by atoms with van der Waals surface area (Å²) in [7, 11) is 0. The minimum Gasteiger partial charge on any atom is -0.463 e. The molecule has 0 heterocycles. The lowest BCUT2D eigenvalue weighted by Gasteiger charge is -2.08. The Morgan fingerprint density at radius 3 is 1.17 bits per heavy atom. The summed E-state index contributed by atoms with van der Waals surface area (Å²) in [4.78, 5) is 30.4. The first-order chi connectivity index (χ1) is 8.80. The van der Waals surface area contributed by atoms with Crippen LogP contribution in [0.2, 0.25) is 0 Å². The zero-order valence-corrected chi connectivity index (χ0v) is 9.53. The van der Waals surface area contributed by atoms with Crippen molar-refractivity contribution in [3.05, 3.63) is 34.9 Å². The highest BCUT2D eigenvalue weighted by Gasteiger charge is 2.03. The van der Waals surface area contributed by atoms with Crippen LogP contribution >= 0.6 is 0 Å². The molecule has 0 aliphatic rings. The van der Waals surface area contributed by atoms with E-state index in [-0.39, 0.29) is 19.8 Å². The minimum absolute atomic E-state index is 0.104. The monoisotopic (exact) mass is 252 g/mol. The van der Waals surface area contributed by atoms with Crippen LogP contribution in [0.1, 0.15) is 16.7 Å². The molecule has 18 heavy (non-hydrogen) atoms. The molecule has 0 saturated carbocycles. The van der Waals surface area contributed by atoms with E-state index in [1.807, 2.05) is 0 Å². The maximum Gasteiger partial charge on any atom is 0.293 e. The third kappa shape index (κ3) is 4.65. The molecule has 6 heteroatoms. The van der Waals surface area contributed by atoms with Gasteiger partial charge in [0.15, 0.2) is 0 Å². The van der Waals surface area contributed by atoms with Crippen molar-refractivity contribution < 1.29 is 28.6 Å². The molecule has 0 aliphatic carbocycles. The Balaban J connectivity index is 2.83. The maximum atomic E-state index is 10.1. The van der Waals surface area contributed by atoms with Crippen molar-refractivity contribution in [2.24, 2.45) is 0 Å². The summed E-state index contributed by atoms with van der Waals surface area (Å²) < 4.78 is 13.9. The predicted octanol–water partition coefficient (Wildman–Crippen LogP) is 0.706. The molecule has 96 valence electrons.